The fourth-order valence-electron chi connectivity index (χ4n) is 3.20. The van der Waals surface area contributed by atoms with Gasteiger partial charge in [-0.15, -0.1) is 0 Å². The van der Waals surface area contributed by atoms with Crippen LogP contribution in [0.3, 0.4) is 0 Å². The fraction of sp³-hybridized carbons (Fsp3) is 0.158. The summed E-state index contributed by atoms with van der Waals surface area (Å²) in [5.41, 5.74) is 2.78. The second-order valence-corrected chi connectivity index (χ2v) is 5.95. The van der Waals surface area contributed by atoms with Gasteiger partial charge in [0.15, 0.2) is 5.82 Å². The zero-order chi connectivity index (χ0) is 17.4. The Labute approximate surface area is 144 Å². The molecule has 6 nitrogen and oxygen atoms in total. The number of aromatic hydroxyl groups is 1. The van der Waals surface area contributed by atoms with Crippen molar-refractivity contribution in [3.05, 3.63) is 66.1 Å². The monoisotopic (exact) mass is 335 g/mol. The molecule has 25 heavy (non-hydrogen) atoms. The highest BCUT2D eigenvalue weighted by molar-refractivity contribution is 5.94. The van der Waals surface area contributed by atoms with E-state index in [1.54, 1.807) is 25.6 Å². The molecule has 0 aliphatic carbocycles. The molecule has 0 saturated carbocycles. The SMILES string of the molecule is COc1cccc(-n2cnc3c2C(c2ccc(O)cc2)CC(=O)N3)c1. The summed E-state index contributed by atoms with van der Waals surface area (Å²) in [6, 6.07) is 14.6. The number of carbonyl (C=O) groups is 1. The lowest BCUT2D eigenvalue weighted by Gasteiger charge is -2.25. The molecule has 1 aliphatic rings. The molecular weight excluding hydrogens is 318 g/mol. The number of hydrogen-bond acceptors (Lipinski definition) is 4. The summed E-state index contributed by atoms with van der Waals surface area (Å²) in [7, 11) is 1.63. The maximum atomic E-state index is 12.1. The lowest BCUT2D eigenvalue weighted by Crippen LogP contribution is -2.25. The van der Waals surface area contributed by atoms with Crippen molar-refractivity contribution in [3.8, 4) is 17.2 Å². The number of benzene rings is 2. The number of rotatable bonds is 3. The van der Waals surface area contributed by atoms with E-state index >= 15 is 0 Å². The summed E-state index contributed by atoms with van der Waals surface area (Å²) in [6.45, 7) is 0. The van der Waals surface area contributed by atoms with Gasteiger partial charge < -0.3 is 19.7 Å². The molecule has 1 amide bonds. The van der Waals surface area contributed by atoms with Crippen molar-refractivity contribution in [2.24, 2.45) is 0 Å². The minimum absolute atomic E-state index is 0.0681. The molecule has 2 heterocycles. The van der Waals surface area contributed by atoms with E-state index in [-0.39, 0.29) is 17.6 Å². The second kappa shape index (κ2) is 5.98. The van der Waals surface area contributed by atoms with Crippen molar-refractivity contribution in [2.45, 2.75) is 12.3 Å². The Kier molecular flexibility index (Phi) is 3.65. The maximum absolute atomic E-state index is 12.1. The van der Waals surface area contributed by atoms with Gasteiger partial charge in [-0.25, -0.2) is 4.98 Å². The second-order valence-electron chi connectivity index (χ2n) is 5.95. The Morgan fingerprint density at radius 2 is 2.04 bits per heavy atom. The first-order valence-electron chi connectivity index (χ1n) is 7.96. The number of fused-ring (bicyclic) bond motifs is 1. The van der Waals surface area contributed by atoms with Crippen LogP contribution in [0.15, 0.2) is 54.9 Å². The van der Waals surface area contributed by atoms with Gasteiger partial charge in [-0.3, -0.25) is 4.79 Å². The summed E-state index contributed by atoms with van der Waals surface area (Å²) in [4.78, 5) is 16.5. The molecule has 3 aromatic rings. The Balaban J connectivity index is 1.85. The molecule has 0 spiro atoms. The van der Waals surface area contributed by atoms with Gasteiger partial charge in [0.05, 0.1) is 18.5 Å². The number of nitrogens with one attached hydrogen (secondary N) is 1. The number of aromatic nitrogens is 2. The molecule has 0 saturated heterocycles. The van der Waals surface area contributed by atoms with E-state index in [1.807, 2.05) is 41.0 Å². The van der Waals surface area contributed by atoms with Crippen LogP contribution in [0.5, 0.6) is 11.5 Å². The molecule has 2 aromatic carbocycles. The Bertz CT molecular complexity index is 931. The number of phenols is 1. The van der Waals surface area contributed by atoms with Gasteiger partial charge in [0.1, 0.15) is 17.8 Å². The summed E-state index contributed by atoms with van der Waals surface area (Å²) in [5, 5.41) is 12.4. The van der Waals surface area contributed by atoms with Crippen LogP contribution >= 0.6 is 0 Å². The van der Waals surface area contributed by atoms with Crippen molar-refractivity contribution in [1.82, 2.24) is 9.55 Å². The maximum Gasteiger partial charge on any atom is 0.226 e. The molecule has 1 unspecified atom stereocenters. The number of carbonyl (C=O) groups excluding carboxylic acids is 1. The number of imidazole rings is 1. The third kappa shape index (κ3) is 2.71. The quantitative estimate of drug-likeness (QED) is 0.771. The minimum atomic E-state index is -0.141. The molecule has 2 N–H and O–H groups in total. The van der Waals surface area contributed by atoms with Crippen LogP contribution in [0.1, 0.15) is 23.6 Å². The molecular formula is C19H17N3O3. The van der Waals surface area contributed by atoms with Crippen molar-refractivity contribution in [2.75, 3.05) is 12.4 Å². The van der Waals surface area contributed by atoms with Crippen LogP contribution < -0.4 is 10.1 Å². The zero-order valence-corrected chi connectivity index (χ0v) is 13.6. The van der Waals surface area contributed by atoms with Crippen LogP contribution in [-0.2, 0) is 4.79 Å². The van der Waals surface area contributed by atoms with Crippen LogP contribution in [0.2, 0.25) is 0 Å². The molecule has 0 radical (unpaired) electrons. The van der Waals surface area contributed by atoms with Gasteiger partial charge in [0.2, 0.25) is 5.91 Å². The number of methoxy groups -OCH3 is 1. The highest BCUT2D eigenvalue weighted by Crippen LogP contribution is 2.38. The topological polar surface area (TPSA) is 76.4 Å². The standard InChI is InChI=1S/C19H17N3O3/c1-25-15-4-2-3-13(9-15)22-11-20-19-18(22)16(10-17(24)21-19)12-5-7-14(23)8-6-12/h2-9,11,16,23H,10H2,1H3,(H,21,24). The number of hydrogen-bond donors (Lipinski definition) is 2. The highest BCUT2D eigenvalue weighted by atomic mass is 16.5. The number of phenolic OH excluding ortho intramolecular Hbond substituents is 1. The van der Waals surface area contributed by atoms with Gasteiger partial charge in [-0.05, 0) is 29.8 Å². The van der Waals surface area contributed by atoms with Crippen molar-refractivity contribution in [3.63, 3.8) is 0 Å². The molecule has 4 rings (SSSR count). The number of ether oxygens (including phenoxy) is 1. The Hall–Kier alpha value is -3.28. The van der Waals surface area contributed by atoms with Crippen LogP contribution in [-0.4, -0.2) is 27.7 Å². The first-order valence-corrected chi connectivity index (χ1v) is 7.96. The van der Waals surface area contributed by atoms with E-state index in [9.17, 15) is 9.90 Å². The average molecular weight is 335 g/mol. The van der Waals surface area contributed by atoms with Crippen molar-refractivity contribution in [1.29, 1.82) is 0 Å². The summed E-state index contributed by atoms with van der Waals surface area (Å²) in [5.74, 6) is 1.31. The number of anilines is 1. The number of amides is 1. The Morgan fingerprint density at radius 3 is 2.80 bits per heavy atom. The third-order valence-electron chi connectivity index (χ3n) is 4.41. The number of nitrogens with zero attached hydrogens (tertiary/aromatic N) is 2. The fourth-order valence-corrected chi connectivity index (χ4v) is 3.20. The van der Waals surface area contributed by atoms with E-state index in [1.165, 1.54) is 0 Å². The predicted octanol–water partition coefficient (Wildman–Crippen LogP) is 3.06. The van der Waals surface area contributed by atoms with Gasteiger partial charge in [0.25, 0.3) is 0 Å². The first-order chi connectivity index (χ1) is 12.2. The molecule has 126 valence electrons. The van der Waals surface area contributed by atoms with E-state index in [2.05, 4.69) is 10.3 Å². The van der Waals surface area contributed by atoms with E-state index in [0.29, 0.717) is 12.2 Å². The summed E-state index contributed by atoms with van der Waals surface area (Å²) >= 11 is 0. The first kappa shape index (κ1) is 15.3. The lowest BCUT2D eigenvalue weighted by molar-refractivity contribution is -0.116. The van der Waals surface area contributed by atoms with E-state index in [4.69, 9.17) is 4.74 Å². The normalized spacial score (nSPS) is 16.2. The van der Waals surface area contributed by atoms with Crippen molar-refractivity contribution >= 4 is 11.7 Å². The smallest absolute Gasteiger partial charge is 0.226 e. The van der Waals surface area contributed by atoms with Crippen LogP contribution in [0.4, 0.5) is 5.82 Å². The zero-order valence-electron chi connectivity index (χ0n) is 13.6. The predicted molar refractivity (Wildman–Crippen MR) is 93.3 cm³/mol. The summed E-state index contributed by atoms with van der Waals surface area (Å²) < 4.78 is 7.27. The molecule has 1 aromatic heterocycles. The van der Waals surface area contributed by atoms with Gasteiger partial charge in [0, 0.05) is 18.4 Å². The average Bonchev–Trinajstić information content (AvgIpc) is 3.05. The van der Waals surface area contributed by atoms with Gasteiger partial charge >= 0.3 is 0 Å². The summed E-state index contributed by atoms with van der Waals surface area (Å²) in [6.07, 6.45) is 2.03. The van der Waals surface area contributed by atoms with Gasteiger partial charge in [-0.2, -0.15) is 0 Å². The van der Waals surface area contributed by atoms with Crippen molar-refractivity contribution < 1.29 is 14.6 Å². The molecule has 6 heteroatoms. The molecule has 0 bridgehead atoms. The Morgan fingerprint density at radius 1 is 1.24 bits per heavy atom. The van der Waals surface area contributed by atoms with Crippen LogP contribution in [0.25, 0.3) is 5.69 Å². The minimum Gasteiger partial charge on any atom is -0.508 e. The van der Waals surface area contributed by atoms with Crippen LogP contribution in [0, 0.1) is 0 Å². The lowest BCUT2D eigenvalue weighted by atomic mass is 9.89. The molecule has 1 aliphatic heterocycles. The van der Waals surface area contributed by atoms with Gasteiger partial charge in [-0.1, -0.05) is 18.2 Å². The van der Waals surface area contributed by atoms with E-state index in [0.717, 1.165) is 22.7 Å². The molecule has 0 fully saturated rings. The largest absolute Gasteiger partial charge is 0.508 e. The van der Waals surface area contributed by atoms with E-state index < -0.39 is 0 Å². The molecule has 1 atom stereocenters. The highest BCUT2D eigenvalue weighted by Gasteiger charge is 2.31. The third-order valence-corrected chi connectivity index (χ3v) is 4.41.